The van der Waals surface area contributed by atoms with Gasteiger partial charge in [0.1, 0.15) is 0 Å². The molecule has 0 aromatic carbocycles. The average molecular weight is 262 g/mol. The van der Waals surface area contributed by atoms with Crippen molar-refractivity contribution in [3.63, 3.8) is 0 Å². The number of hydrogen-bond donors (Lipinski definition) is 1. The van der Waals surface area contributed by atoms with Crippen LogP contribution in [0.4, 0.5) is 17.8 Å². The molecule has 0 amide bonds. The normalized spacial score (nSPS) is 18.9. The average Bonchev–Trinajstić information content (AvgIpc) is 3.08. The molecule has 1 aliphatic heterocycles. The van der Waals surface area contributed by atoms with E-state index in [-0.39, 0.29) is 0 Å². The second-order valence-electron chi connectivity index (χ2n) is 5.41. The third kappa shape index (κ3) is 2.72. The Bertz CT molecular complexity index is 439. The van der Waals surface area contributed by atoms with Crippen LogP contribution in [0.25, 0.3) is 0 Å². The summed E-state index contributed by atoms with van der Waals surface area (Å²) in [5, 5.41) is 0. The molecule has 2 N–H and O–H groups in total. The van der Waals surface area contributed by atoms with Gasteiger partial charge in [0.2, 0.25) is 17.8 Å². The van der Waals surface area contributed by atoms with Crippen LogP contribution in [0.1, 0.15) is 39.0 Å². The molecular weight excluding hydrogens is 240 g/mol. The molecule has 2 aliphatic rings. The van der Waals surface area contributed by atoms with Gasteiger partial charge in [-0.1, -0.05) is 6.92 Å². The lowest BCUT2D eigenvalue weighted by atomic mass is 10.4. The first-order valence-corrected chi connectivity index (χ1v) is 7.31. The van der Waals surface area contributed by atoms with Gasteiger partial charge in [0.05, 0.1) is 0 Å². The van der Waals surface area contributed by atoms with E-state index in [0.717, 1.165) is 38.0 Å². The molecule has 1 aliphatic carbocycles. The Morgan fingerprint density at radius 3 is 2.58 bits per heavy atom. The van der Waals surface area contributed by atoms with E-state index >= 15 is 0 Å². The van der Waals surface area contributed by atoms with Crippen LogP contribution in [0, 0.1) is 0 Å². The highest BCUT2D eigenvalue weighted by Crippen LogP contribution is 2.31. The van der Waals surface area contributed by atoms with Crippen LogP contribution in [-0.4, -0.2) is 40.6 Å². The molecule has 0 radical (unpaired) electrons. The van der Waals surface area contributed by atoms with E-state index in [4.69, 9.17) is 5.73 Å². The number of nitrogens with zero attached hydrogens (tertiary/aromatic N) is 5. The fraction of sp³-hybridized carbons (Fsp3) is 0.769. The van der Waals surface area contributed by atoms with E-state index in [0.29, 0.717) is 12.0 Å². The Kier molecular flexibility index (Phi) is 3.40. The number of anilines is 3. The molecule has 2 heterocycles. The smallest absolute Gasteiger partial charge is 0.232 e. The predicted octanol–water partition coefficient (Wildman–Crippen LogP) is 1.43. The number of nitrogen functional groups attached to an aromatic ring is 1. The minimum atomic E-state index is 0.341. The molecule has 1 saturated heterocycles. The maximum absolute atomic E-state index is 5.87. The van der Waals surface area contributed by atoms with Gasteiger partial charge in [0.25, 0.3) is 0 Å². The highest BCUT2D eigenvalue weighted by Gasteiger charge is 2.31. The van der Waals surface area contributed by atoms with Crippen LogP contribution in [0.3, 0.4) is 0 Å². The van der Waals surface area contributed by atoms with E-state index in [1.807, 2.05) is 0 Å². The molecule has 3 rings (SSSR count). The second kappa shape index (κ2) is 5.19. The standard InChI is InChI=1S/C13H22N6/c1-2-7-19(10-5-6-10)13-16-11(14)15-12(17-13)18-8-3-4-9-18/h10H,2-9H2,1H3,(H2,14,15,16,17). The molecular formula is C13H22N6. The van der Waals surface area contributed by atoms with Crippen molar-refractivity contribution in [2.75, 3.05) is 35.2 Å². The summed E-state index contributed by atoms with van der Waals surface area (Å²) in [7, 11) is 0. The van der Waals surface area contributed by atoms with Crippen molar-refractivity contribution in [2.45, 2.75) is 45.1 Å². The third-order valence-corrected chi connectivity index (χ3v) is 3.73. The van der Waals surface area contributed by atoms with Crippen molar-refractivity contribution in [1.82, 2.24) is 15.0 Å². The Balaban J connectivity index is 1.86. The Morgan fingerprint density at radius 1 is 1.21 bits per heavy atom. The van der Waals surface area contributed by atoms with E-state index in [1.54, 1.807) is 0 Å². The second-order valence-corrected chi connectivity index (χ2v) is 5.41. The van der Waals surface area contributed by atoms with Crippen LogP contribution in [0.15, 0.2) is 0 Å². The molecule has 6 heteroatoms. The van der Waals surface area contributed by atoms with Crippen molar-refractivity contribution in [2.24, 2.45) is 0 Å². The first-order chi connectivity index (χ1) is 9.28. The van der Waals surface area contributed by atoms with Crippen molar-refractivity contribution >= 4 is 17.8 Å². The molecule has 1 saturated carbocycles. The lowest BCUT2D eigenvalue weighted by Crippen LogP contribution is -2.30. The highest BCUT2D eigenvalue weighted by atomic mass is 15.4. The minimum Gasteiger partial charge on any atom is -0.368 e. The Labute approximate surface area is 114 Å². The zero-order valence-electron chi connectivity index (χ0n) is 11.5. The lowest BCUT2D eigenvalue weighted by Gasteiger charge is -2.23. The van der Waals surface area contributed by atoms with Crippen molar-refractivity contribution in [1.29, 1.82) is 0 Å². The molecule has 6 nitrogen and oxygen atoms in total. The maximum Gasteiger partial charge on any atom is 0.232 e. The van der Waals surface area contributed by atoms with Gasteiger partial charge >= 0.3 is 0 Å². The number of hydrogen-bond acceptors (Lipinski definition) is 6. The first-order valence-electron chi connectivity index (χ1n) is 7.31. The summed E-state index contributed by atoms with van der Waals surface area (Å²) in [6.07, 6.45) is 6.00. The molecule has 0 atom stereocenters. The van der Waals surface area contributed by atoms with Gasteiger partial charge in [-0.05, 0) is 32.1 Å². The van der Waals surface area contributed by atoms with Crippen molar-refractivity contribution in [3.05, 3.63) is 0 Å². The van der Waals surface area contributed by atoms with Gasteiger partial charge in [0, 0.05) is 25.7 Å². The van der Waals surface area contributed by atoms with E-state index in [9.17, 15) is 0 Å². The van der Waals surface area contributed by atoms with Gasteiger partial charge in [-0.2, -0.15) is 15.0 Å². The monoisotopic (exact) mass is 262 g/mol. The molecule has 1 aromatic heterocycles. The molecule has 2 fully saturated rings. The van der Waals surface area contributed by atoms with Crippen LogP contribution in [0.2, 0.25) is 0 Å². The van der Waals surface area contributed by atoms with E-state index < -0.39 is 0 Å². The number of aromatic nitrogens is 3. The SMILES string of the molecule is CCCN(c1nc(N)nc(N2CCCC2)n1)C1CC1. The first kappa shape index (κ1) is 12.4. The van der Waals surface area contributed by atoms with Crippen LogP contribution < -0.4 is 15.5 Å². The van der Waals surface area contributed by atoms with Gasteiger partial charge < -0.3 is 15.5 Å². The topological polar surface area (TPSA) is 71.2 Å². The van der Waals surface area contributed by atoms with E-state index in [1.165, 1.54) is 25.7 Å². The third-order valence-electron chi connectivity index (χ3n) is 3.73. The van der Waals surface area contributed by atoms with Crippen LogP contribution in [0.5, 0.6) is 0 Å². The summed E-state index contributed by atoms with van der Waals surface area (Å²) in [5.41, 5.74) is 5.87. The summed E-state index contributed by atoms with van der Waals surface area (Å²) < 4.78 is 0. The molecule has 19 heavy (non-hydrogen) atoms. The highest BCUT2D eigenvalue weighted by molar-refractivity contribution is 5.45. The molecule has 0 unspecified atom stereocenters. The summed E-state index contributed by atoms with van der Waals surface area (Å²) in [5.74, 6) is 1.86. The molecule has 1 aromatic rings. The number of rotatable bonds is 5. The maximum atomic E-state index is 5.87. The zero-order chi connectivity index (χ0) is 13.2. The van der Waals surface area contributed by atoms with Crippen LogP contribution in [-0.2, 0) is 0 Å². The fourth-order valence-corrected chi connectivity index (χ4v) is 2.63. The van der Waals surface area contributed by atoms with Gasteiger partial charge in [0.15, 0.2) is 0 Å². The van der Waals surface area contributed by atoms with Crippen LogP contribution >= 0.6 is 0 Å². The molecule has 0 bridgehead atoms. The minimum absolute atomic E-state index is 0.341. The van der Waals surface area contributed by atoms with E-state index in [2.05, 4.69) is 31.7 Å². The zero-order valence-corrected chi connectivity index (χ0v) is 11.5. The lowest BCUT2D eigenvalue weighted by molar-refractivity contribution is 0.728. The van der Waals surface area contributed by atoms with Gasteiger partial charge in [-0.25, -0.2) is 0 Å². The predicted molar refractivity (Wildman–Crippen MR) is 76.3 cm³/mol. The fourth-order valence-electron chi connectivity index (χ4n) is 2.63. The van der Waals surface area contributed by atoms with Crippen molar-refractivity contribution in [3.8, 4) is 0 Å². The van der Waals surface area contributed by atoms with Crippen molar-refractivity contribution < 1.29 is 0 Å². The number of nitrogens with two attached hydrogens (primary N) is 1. The summed E-state index contributed by atoms with van der Waals surface area (Å²) in [6.45, 7) is 5.23. The largest absolute Gasteiger partial charge is 0.368 e. The van der Waals surface area contributed by atoms with Gasteiger partial charge in [-0.3, -0.25) is 0 Å². The molecule has 0 spiro atoms. The summed E-state index contributed by atoms with van der Waals surface area (Å²) >= 11 is 0. The quantitative estimate of drug-likeness (QED) is 0.865. The molecule has 104 valence electrons. The summed E-state index contributed by atoms with van der Waals surface area (Å²) in [4.78, 5) is 17.8. The summed E-state index contributed by atoms with van der Waals surface area (Å²) in [6, 6.07) is 0.605. The Morgan fingerprint density at radius 2 is 1.95 bits per heavy atom. The Hall–Kier alpha value is -1.59. The van der Waals surface area contributed by atoms with Gasteiger partial charge in [-0.15, -0.1) is 0 Å².